The highest BCUT2D eigenvalue weighted by molar-refractivity contribution is 6.43. The van der Waals surface area contributed by atoms with E-state index >= 15 is 0 Å². The van der Waals surface area contributed by atoms with E-state index in [-0.39, 0.29) is 17.5 Å². The van der Waals surface area contributed by atoms with Gasteiger partial charge in [0.2, 0.25) is 5.91 Å². The van der Waals surface area contributed by atoms with Gasteiger partial charge in [0.1, 0.15) is 6.04 Å². The molecule has 0 aliphatic rings. The number of amides is 1. The molecule has 0 bridgehead atoms. The third-order valence-corrected chi connectivity index (χ3v) is 3.27. The third-order valence-electron chi connectivity index (χ3n) is 2.45. The number of rotatable bonds is 6. The van der Waals surface area contributed by atoms with E-state index in [1.165, 1.54) is 0 Å². The summed E-state index contributed by atoms with van der Waals surface area (Å²) >= 11 is 11.8. The van der Waals surface area contributed by atoms with E-state index in [0.717, 1.165) is 0 Å². The number of carboxylic acids is 1. The van der Waals surface area contributed by atoms with E-state index in [4.69, 9.17) is 28.3 Å². The Bertz CT molecular complexity index is 506. The van der Waals surface area contributed by atoms with E-state index in [2.05, 4.69) is 10.6 Å². The number of hydrogen-bond acceptors (Lipinski definition) is 3. The van der Waals surface area contributed by atoms with Crippen molar-refractivity contribution in [3.8, 4) is 0 Å². The van der Waals surface area contributed by atoms with Gasteiger partial charge in [0.25, 0.3) is 0 Å². The lowest BCUT2D eigenvalue weighted by atomic mass is 10.1. The smallest absolute Gasteiger partial charge is 0.321 e. The fraction of sp³-hybridized carbons (Fsp3) is 0.385. The first-order chi connectivity index (χ1) is 9.31. The van der Waals surface area contributed by atoms with Crippen LogP contribution in [-0.2, 0) is 9.59 Å². The number of hydrogen-bond donors (Lipinski definition) is 3. The summed E-state index contributed by atoms with van der Waals surface area (Å²) in [4.78, 5) is 22.9. The predicted octanol–water partition coefficient (Wildman–Crippen LogP) is 2.77. The van der Waals surface area contributed by atoms with Crippen molar-refractivity contribution in [2.24, 2.45) is 0 Å². The fourth-order valence-electron chi connectivity index (χ4n) is 1.61. The summed E-state index contributed by atoms with van der Waals surface area (Å²) in [6.45, 7) is 3.61. The molecule has 0 heterocycles. The van der Waals surface area contributed by atoms with Gasteiger partial charge in [0, 0.05) is 6.04 Å². The molecular formula is C13H16Cl2N2O3. The van der Waals surface area contributed by atoms with Crippen LogP contribution in [0.1, 0.15) is 20.3 Å². The average molecular weight is 319 g/mol. The van der Waals surface area contributed by atoms with Gasteiger partial charge in [0.05, 0.1) is 22.2 Å². The molecular weight excluding hydrogens is 303 g/mol. The molecule has 0 spiro atoms. The van der Waals surface area contributed by atoms with Crippen LogP contribution in [0.5, 0.6) is 0 Å². The Morgan fingerprint density at radius 1 is 1.30 bits per heavy atom. The second-order valence-electron chi connectivity index (χ2n) is 4.57. The van der Waals surface area contributed by atoms with Crippen molar-refractivity contribution >= 4 is 40.8 Å². The quantitative estimate of drug-likeness (QED) is 0.753. The molecule has 0 radical (unpaired) electrons. The minimum absolute atomic E-state index is 0.0429. The van der Waals surface area contributed by atoms with Crippen molar-refractivity contribution in [3.63, 3.8) is 0 Å². The molecule has 0 saturated heterocycles. The SMILES string of the molecule is CC(C)NC(CC(=O)Nc1cccc(Cl)c1Cl)C(=O)O. The van der Waals surface area contributed by atoms with E-state index < -0.39 is 17.9 Å². The summed E-state index contributed by atoms with van der Waals surface area (Å²) in [6.07, 6.45) is -0.198. The van der Waals surface area contributed by atoms with E-state index in [1.807, 2.05) is 13.8 Å². The average Bonchev–Trinajstić information content (AvgIpc) is 2.33. The number of halogens is 2. The summed E-state index contributed by atoms with van der Waals surface area (Å²) < 4.78 is 0. The largest absolute Gasteiger partial charge is 0.480 e. The molecule has 0 fully saturated rings. The van der Waals surface area contributed by atoms with Gasteiger partial charge in [-0.1, -0.05) is 43.1 Å². The molecule has 3 N–H and O–H groups in total. The van der Waals surface area contributed by atoms with Gasteiger partial charge in [-0.15, -0.1) is 0 Å². The van der Waals surface area contributed by atoms with Crippen molar-refractivity contribution in [1.29, 1.82) is 0 Å². The maximum atomic E-state index is 11.9. The Morgan fingerprint density at radius 2 is 1.95 bits per heavy atom. The molecule has 110 valence electrons. The number of aliphatic carboxylic acids is 1. The normalized spacial score (nSPS) is 12.2. The fourth-order valence-corrected chi connectivity index (χ4v) is 1.95. The first kappa shape index (κ1) is 16.8. The molecule has 20 heavy (non-hydrogen) atoms. The summed E-state index contributed by atoms with van der Waals surface area (Å²) in [6, 6.07) is 3.84. The van der Waals surface area contributed by atoms with E-state index in [0.29, 0.717) is 10.7 Å². The maximum absolute atomic E-state index is 11.9. The lowest BCUT2D eigenvalue weighted by Gasteiger charge is -2.17. The molecule has 0 aliphatic heterocycles. The Labute approximate surface area is 127 Å². The number of nitrogens with one attached hydrogen (secondary N) is 2. The Balaban J connectivity index is 2.71. The standard InChI is InChI=1S/C13H16Cl2N2O3/c1-7(2)16-10(13(19)20)6-11(18)17-9-5-3-4-8(14)12(9)15/h3-5,7,10,16H,6H2,1-2H3,(H,17,18)(H,19,20). The van der Waals surface area contributed by atoms with E-state index in [9.17, 15) is 9.59 Å². The van der Waals surface area contributed by atoms with Crippen LogP contribution in [0.2, 0.25) is 10.0 Å². The first-order valence-electron chi connectivity index (χ1n) is 6.04. The van der Waals surface area contributed by atoms with Crippen LogP contribution < -0.4 is 10.6 Å². The molecule has 1 rings (SSSR count). The topological polar surface area (TPSA) is 78.4 Å². The highest BCUT2D eigenvalue weighted by atomic mass is 35.5. The van der Waals surface area contributed by atoms with Crippen molar-refractivity contribution in [1.82, 2.24) is 5.32 Å². The highest BCUT2D eigenvalue weighted by Crippen LogP contribution is 2.29. The Kier molecular flexibility index (Phi) is 6.26. The molecule has 5 nitrogen and oxygen atoms in total. The van der Waals surface area contributed by atoms with Gasteiger partial charge in [-0.25, -0.2) is 0 Å². The van der Waals surface area contributed by atoms with Gasteiger partial charge in [-0.05, 0) is 12.1 Å². The Hall–Kier alpha value is -1.30. The summed E-state index contributed by atoms with van der Waals surface area (Å²) in [5, 5.41) is 14.9. The van der Waals surface area contributed by atoms with Crippen molar-refractivity contribution in [3.05, 3.63) is 28.2 Å². The first-order valence-corrected chi connectivity index (χ1v) is 6.79. The molecule has 0 saturated carbocycles. The molecule has 1 unspecified atom stereocenters. The second-order valence-corrected chi connectivity index (χ2v) is 5.35. The minimum atomic E-state index is -1.08. The van der Waals surface area contributed by atoms with Crippen LogP contribution in [0.15, 0.2) is 18.2 Å². The van der Waals surface area contributed by atoms with Crippen LogP contribution >= 0.6 is 23.2 Å². The Morgan fingerprint density at radius 3 is 2.50 bits per heavy atom. The summed E-state index contributed by atoms with van der Waals surface area (Å²) in [5.41, 5.74) is 0.359. The monoisotopic (exact) mass is 318 g/mol. The molecule has 1 atom stereocenters. The van der Waals surface area contributed by atoms with Gasteiger partial charge in [-0.3, -0.25) is 9.59 Å². The number of anilines is 1. The maximum Gasteiger partial charge on any atom is 0.321 e. The zero-order valence-electron chi connectivity index (χ0n) is 11.1. The van der Waals surface area contributed by atoms with Crippen molar-refractivity contribution in [2.45, 2.75) is 32.4 Å². The van der Waals surface area contributed by atoms with Crippen LogP contribution in [0.4, 0.5) is 5.69 Å². The molecule has 0 aromatic heterocycles. The second kappa shape index (κ2) is 7.47. The predicted molar refractivity (Wildman–Crippen MR) is 79.4 cm³/mol. The number of carboxylic acid groups (broad SMARTS) is 1. The molecule has 0 aliphatic carbocycles. The highest BCUT2D eigenvalue weighted by Gasteiger charge is 2.22. The van der Waals surface area contributed by atoms with Gasteiger partial charge < -0.3 is 15.7 Å². The molecule has 1 aromatic rings. The van der Waals surface area contributed by atoms with E-state index in [1.54, 1.807) is 18.2 Å². The van der Waals surface area contributed by atoms with Crippen molar-refractivity contribution in [2.75, 3.05) is 5.32 Å². The van der Waals surface area contributed by atoms with Crippen molar-refractivity contribution < 1.29 is 14.7 Å². The van der Waals surface area contributed by atoms with Crippen LogP contribution in [0.25, 0.3) is 0 Å². The lowest BCUT2D eigenvalue weighted by molar-refractivity contribution is -0.141. The van der Waals surface area contributed by atoms with Crippen LogP contribution in [-0.4, -0.2) is 29.1 Å². The molecule has 1 amide bonds. The summed E-state index contributed by atoms with van der Waals surface area (Å²) in [7, 11) is 0. The molecule has 7 heteroatoms. The third kappa shape index (κ3) is 5.00. The van der Waals surface area contributed by atoms with Crippen LogP contribution in [0.3, 0.4) is 0 Å². The van der Waals surface area contributed by atoms with Crippen LogP contribution in [0, 0.1) is 0 Å². The lowest BCUT2D eigenvalue weighted by Crippen LogP contribution is -2.43. The number of carbonyl (C=O) groups is 2. The zero-order chi connectivity index (χ0) is 15.3. The minimum Gasteiger partial charge on any atom is -0.480 e. The van der Waals surface area contributed by atoms with Gasteiger partial charge in [0.15, 0.2) is 0 Å². The van der Waals surface area contributed by atoms with Gasteiger partial charge in [-0.2, -0.15) is 0 Å². The summed E-state index contributed by atoms with van der Waals surface area (Å²) in [5.74, 6) is -1.53. The number of benzene rings is 1. The number of carbonyl (C=O) groups excluding carboxylic acids is 1. The van der Waals surface area contributed by atoms with Gasteiger partial charge >= 0.3 is 5.97 Å². The molecule has 1 aromatic carbocycles. The zero-order valence-corrected chi connectivity index (χ0v) is 12.6.